The molecule has 0 saturated carbocycles. The molecule has 3 heterocycles. The van der Waals surface area contributed by atoms with Crippen LogP contribution < -0.4 is 0 Å². The molecule has 0 saturated heterocycles. The minimum Gasteiger partial charge on any atom is -0.461 e. The number of hydrogen-bond acceptors (Lipinski definition) is 4. The van der Waals surface area contributed by atoms with Gasteiger partial charge in [0.15, 0.2) is 0 Å². The van der Waals surface area contributed by atoms with E-state index in [1.807, 2.05) is 17.1 Å². The van der Waals surface area contributed by atoms with Crippen molar-refractivity contribution in [2.45, 2.75) is 30.9 Å². The largest absolute Gasteiger partial charge is 0.461 e. The molecular weight excluding hydrogens is 270 g/mol. The van der Waals surface area contributed by atoms with Gasteiger partial charge in [-0.05, 0) is 16.7 Å². The highest BCUT2D eigenvalue weighted by atomic mass is 16.5. The van der Waals surface area contributed by atoms with Crippen molar-refractivity contribution in [3.8, 4) is 0 Å². The van der Waals surface area contributed by atoms with Crippen LogP contribution in [0, 0.1) is 0 Å². The molecule has 1 spiro atoms. The number of rotatable bonds is 1. The van der Waals surface area contributed by atoms with E-state index < -0.39 is 5.54 Å². The van der Waals surface area contributed by atoms with Crippen molar-refractivity contribution in [2.24, 2.45) is 0 Å². The Labute approximate surface area is 122 Å². The number of cyclic esters (lactones) is 1. The summed E-state index contributed by atoms with van der Waals surface area (Å²) in [5.74, 6) is -0.0877. The van der Waals surface area contributed by atoms with Gasteiger partial charge in [-0.25, -0.2) is 0 Å². The van der Waals surface area contributed by atoms with Crippen LogP contribution in [0.3, 0.4) is 0 Å². The summed E-state index contributed by atoms with van der Waals surface area (Å²) in [6, 6.07) is 0. The van der Waals surface area contributed by atoms with Crippen molar-refractivity contribution >= 4 is 11.9 Å². The van der Waals surface area contributed by atoms with Gasteiger partial charge in [-0.3, -0.25) is 9.59 Å². The number of hydrogen-bond donors (Lipinski definition) is 0. The van der Waals surface area contributed by atoms with Gasteiger partial charge in [0.05, 0.1) is 24.5 Å². The predicted molar refractivity (Wildman–Crippen MR) is 74.3 cm³/mol. The van der Waals surface area contributed by atoms with Crippen LogP contribution in [0.2, 0.25) is 0 Å². The van der Waals surface area contributed by atoms with Gasteiger partial charge >= 0.3 is 5.97 Å². The van der Waals surface area contributed by atoms with Gasteiger partial charge in [0.1, 0.15) is 6.61 Å². The Balaban J connectivity index is 1.89. The maximum atomic E-state index is 12.5. The third-order valence-electron chi connectivity index (χ3n) is 5.04. The van der Waals surface area contributed by atoms with Crippen molar-refractivity contribution in [3.05, 3.63) is 34.9 Å². The summed E-state index contributed by atoms with van der Waals surface area (Å²) in [5, 5.41) is 0. The third-order valence-corrected chi connectivity index (χ3v) is 5.04. The first-order chi connectivity index (χ1) is 10.1. The van der Waals surface area contributed by atoms with Crippen LogP contribution in [-0.2, 0) is 19.1 Å². The Morgan fingerprint density at radius 1 is 1.38 bits per heavy atom. The molecule has 0 aromatic heterocycles. The van der Waals surface area contributed by atoms with E-state index in [0.29, 0.717) is 19.4 Å². The van der Waals surface area contributed by atoms with Gasteiger partial charge < -0.3 is 14.4 Å². The lowest BCUT2D eigenvalue weighted by Crippen LogP contribution is -2.57. The minimum atomic E-state index is -0.487. The van der Waals surface area contributed by atoms with Gasteiger partial charge in [0, 0.05) is 20.1 Å². The number of nitrogens with zero attached hydrogens (tertiary/aromatic N) is 1. The number of carbonyl (C=O) groups is 2. The van der Waals surface area contributed by atoms with Gasteiger partial charge in [0.2, 0.25) is 5.91 Å². The monoisotopic (exact) mass is 287 g/mol. The van der Waals surface area contributed by atoms with Crippen LogP contribution in [0.1, 0.15) is 19.3 Å². The van der Waals surface area contributed by atoms with Crippen LogP contribution >= 0.6 is 0 Å². The lowest BCUT2D eigenvalue weighted by Gasteiger charge is -2.49. The lowest BCUT2D eigenvalue weighted by molar-refractivity contribution is -0.146. The van der Waals surface area contributed by atoms with E-state index in [4.69, 9.17) is 9.47 Å². The van der Waals surface area contributed by atoms with Gasteiger partial charge in [-0.1, -0.05) is 18.2 Å². The van der Waals surface area contributed by atoms with Gasteiger partial charge in [-0.2, -0.15) is 0 Å². The summed E-state index contributed by atoms with van der Waals surface area (Å²) in [6.07, 6.45) is 7.45. The Bertz CT molecular complexity index is 630. The highest BCUT2D eigenvalue weighted by Gasteiger charge is 2.54. The Morgan fingerprint density at radius 2 is 2.24 bits per heavy atom. The van der Waals surface area contributed by atoms with Crippen molar-refractivity contribution < 1.29 is 19.1 Å². The van der Waals surface area contributed by atoms with Crippen LogP contribution in [0.15, 0.2) is 34.9 Å². The second-order valence-corrected chi connectivity index (χ2v) is 5.96. The summed E-state index contributed by atoms with van der Waals surface area (Å²) < 4.78 is 10.6. The molecule has 2 atom stereocenters. The molecule has 21 heavy (non-hydrogen) atoms. The van der Waals surface area contributed by atoms with Gasteiger partial charge in [-0.15, -0.1) is 0 Å². The molecule has 110 valence electrons. The molecule has 1 aliphatic carbocycles. The van der Waals surface area contributed by atoms with Gasteiger partial charge in [0.25, 0.3) is 0 Å². The molecule has 4 rings (SSSR count). The van der Waals surface area contributed by atoms with E-state index in [0.717, 1.165) is 16.7 Å². The van der Waals surface area contributed by atoms with Crippen molar-refractivity contribution in [3.63, 3.8) is 0 Å². The van der Waals surface area contributed by atoms with Crippen molar-refractivity contribution in [1.29, 1.82) is 0 Å². The number of ether oxygens (including phenoxy) is 2. The fourth-order valence-corrected chi connectivity index (χ4v) is 4.06. The number of esters is 1. The van der Waals surface area contributed by atoms with Crippen LogP contribution in [0.4, 0.5) is 0 Å². The number of carbonyl (C=O) groups excluding carboxylic acids is 2. The highest BCUT2D eigenvalue weighted by molar-refractivity contribution is 5.88. The van der Waals surface area contributed by atoms with Crippen LogP contribution in [0.5, 0.6) is 0 Å². The molecule has 0 radical (unpaired) electrons. The minimum absolute atomic E-state index is 0.0413. The van der Waals surface area contributed by atoms with E-state index >= 15 is 0 Å². The molecule has 0 aromatic carbocycles. The molecule has 1 amide bonds. The first-order valence-electron chi connectivity index (χ1n) is 7.24. The zero-order chi connectivity index (χ0) is 14.6. The van der Waals surface area contributed by atoms with Crippen LogP contribution in [-0.4, -0.2) is 48.7 Å². The Hall–Kier alpha value is -1.88. The first kappa shape index (κ1) is 12.8. The Morgan fingerprint density at radius 3 is 3.05 bits per heavy atom. The topological polar surface area (TPSA) is 55.8 Å². The quantitative estimate of drug-likeness (QED) is 0.535. The lowest BCUT2D eigenvalue weighted by atomic mass is 9.69. The SMILES string of the molecule is COC1C=CC2=CCN3C(=O)CC4=C(CC(=O)OC4)C23C1. The fourth-order valence-electron chi connectivity index (χ4n) is 4.06. The highest BCUT2D eigenvalue weighted by Crippen LogP contribution is 2.50. The summed E-state index contributed by atoms with van der Waals surface area (Å²) in [7, 11) is 1.68. The zero-order valence-electron chi connectivity index (χ0n) is 11.9. The molecular formula is C16H17NO4. The fraction of sp³-hybridized carbons (Fsp3) is 0.500. The van der Waals surface area contributed by atoms with E-state index in [9.17, 15) is 9.59 Å². The molecule has 3 aliphatic heterocycles. The zero-order valence-corrected chi connectivity index (χ0v) is 11.9. The smallest absolute Gasteiger partial charge is 0.310 e. The molecule has 0 aromatic rings. The molecule has 5 heteroatoms. The van der Waals surface area contributed by atoms with E-state index in [-0.39, 0.29) is 31.0 Å². The Kier molecular flexibility index (Phi) is 2.63. The average molecular weight is 287 g/mol. The number of amides is 1. The summed E-state index contributed by atoms with van der Waals surface area (Å²) >= 11 is 0. The van der Waals surface area contributed by atoms with E-state index in [2.05, 4.69) is 6.08 Å². The maximum Gasteiger partial charge on any atom is 0.310 e. The van der Waals surface area contributed by atoms with E-state index in [1.165, 1.54) is 0 Å². The number of methoxy groups -OCH3 is 1. The molecule has 0 N–H and O–H groups in total. The normalized spacial score (nSPS) is 34.2. The van der Waals surface area contributed by atoms with E-state index in [1.54, 1.807) is 7.11 Å². The second kappa shape index (κ2) is 4.31. The molecule has 2 unspecified atom stereocenters. The maximum absolute atomic E-state index is 12.5. The summed E-state index contributed by atoms with van der Waals surface area (Å²) in [6.45, 7) is 0.866. The first-order valence-corrected chi connectivity index (χ1v) is 7.24. The summed E-state index contributed by atoms with van der Waals surface area (Å²) in [5.41, 5.74) is 2.67. The predicted octanol–water partition coefficient (Wildman–Crippen LogP) is 1.12. The summed E-state index contributed by atoms with van der Waals surface area (Å²) in [4.78, 5) is 26.2. The molecule has 0 bridgehead atoms. The standard InChI is InChI=1S/C16H17NO4/c1-20-12-3-2-11-4-5-17-14(18)6-10-9-21-15(19)7-13(10)16(11,17)8-12/h2-4,12H,5-9H2,1H3. The second-order valence-electron chi connectivity index (χ2n) is 5.96. The molecule has 4 aliphatic rings. The third kappa shape index (κ3) is 1.61. The molecule has 5 nitrogen and oxygen atoms in total. The van der Waals surface area contributed by atoms with Crippen molar-refractivity contribution in [2.75, 3.05) is 20.3 Å². The average Bonchev–Trinajstić information content (AvgIpc) is 2.88. The van der Waals surface area contributed by atoms with Crippen LogP contribution in [0.25, 0.3) is 0 Å². The van der Waals surface area contributed by atoms with Crippen molar-refractivity contribution in [1.82, 2.24) is 4.90 Å². The molecule has 0 fully saturated rings.